The number of likely N-dealkylation sites (tertiary alicyclic amines) is 1. The Balaban J connectivity index is 1.74. The minimum atomic E-state index is -0.639. The number of aliphatic carboxylic acids is 1. The summed E-state index contributed by atoms with van der Waals surface area (Å²) >= 11 is 0. The Morgan fingerprint density at radius 2 is 1.90 bits per heavy atom. The van der Waals surface area contributed by atoms with E-state index in [2.05, 4.69) is 18.7 Å². The third-order valence-corrected chi connectivity index (χ3v) is 5.56. The smallest absolute Gasteiger partial charge is 0.303 e. The molecule has 1 saturated carbocycles. The molecule has 2 fully saturated rings. The van der Waals surface area contributed by atoms with Crippen molar-refractivity contribution < 1.29 is 9.90 Å². The van der Waals surface area contributed by atoms with E-state index in [4.69, 9.17) is 5.11 Å². The lowest BCUT2D eigenvalue weighted by Crippen LogP contribution is -2.44. The van der Waals surface area contributed by atoms with Crippen LogP contribution in [-0.2, 0) is 4.79 Å². The number of rotatable bonds is 5. The zero-order valence-corrected chi connectivity index (χ0v) is 13.2. The van der Waals surface area contributed by atoms with Crippen molar-refractivity contribution in [1.29, 1.82) is 0 Å². The van der Waals surface area contributed by atoms with Gasteiger partial charge in [-0.25, -0.2) is 0 Å². The summed E-state index contributed by atoms with van der Waals surface area (Å²) in [5.74, 6) is 1.75. The summed E-state index contributed by atoms with van der Waals surface area (Å²) in [6.07, 6.45) is 9.22. The fraction of sp³-hybridized carbons (Fsp3) is 0.941. The molecule has 1 aliphatic heterocycles. The summed E-state index contributed by atoms with van der Waals surface area (Å²) in [7, 11) is 0. The van der Waals surface area contributed by atoms with E-state index >= 15 is 0 Å². The zero-order valence-electron chi connectivity index (χ0n) is 13.2. The molecule has 0 radical (unpaired) electrons. The van der Waals surface area contributed by atoms with Crippen molar-refractivity contribution in [2.75, 3.05) is 13.1 Å². The third-order valence-electron chi connectivity index (χ3n) is 5.56. The molecule has 1 saturated heterocycles. The molecule has 3 heteroatoms. The second kappa shape index (κ2) is 7.44. The van der Waals surface area contributed by atoms with Crippen molar-refractivity contribution in [2.45, 2.75) is 71.3 Å². The molecule has 0 spiro atoms. The van der Waals surface area contributed by atoms with Gasteiger partial charge >= 0.3 is 5.97 Å². The quantitative estimate of drug-likeness (QED) is 0.833. The molecule has 2 atom stereocenters. The van der Waals surface area contributed by atoms with Crippen molar-refractivity contribution in [1.82, 2.24) is 4.90 Å². The first kappa shape index (κ1) is 15.8. The van der Waals surface area contributed by atoms with Crippen LogP contribution in [0.2, 0.25) is 0 Å². The number of carboxylic acids is 1. The molecule has 2 unspecified atom stereocenters. The number of hydrogen-bond donors (Lipinski definition) is 1. The highest BCUT2D eigenvalue weighted by molar-refractivity contribution is 5.66. The predicted molar refractivity (Wildman–Crippen MR) is 81.8 cm³/mol. The summed E-state index contributed by atoms with van der Waals surface area (Å²) in [6, 6.07) is 0.802. The van der Waals surface area contributed by atoms with Gasteiger partial charge in [0.15, 0.2) is 0 Å². The van der Waals surface area contributed by atoms with Gasteiger partial charge in [0, 0.05) is 12.5 Å². The largest absolute Gasteiger partial charge is 0.481 e. The predicted octanol–water partition coefficient (Wildman–Crippen LogP) is 3.78. The van der Waals surface area contributed by atoms with Gasteiger partial charge in [-0.05, 0) is 62.9 Å². The van der Waals surface area contributed by atoms with Crippen LogP contribution in [0.25, 0.3) is 0 Å². The molecule has 1 aliphatic carbocycles. The second-order valence-electron chi connectivity index (χ2n) is 7.24. The molecular weight excluding hydrogens is 250 g/mol. The zero-order chi connectivity index (χ0) is 14.5. The van der Waals surface area contributed by atoms with Crippen molar-refractivity contribution >= 4 is 5.97 Å². The average molecular weight is 281 g/mol. The fourth-order valence-corrected chi connectivity index (χ4v) is 4.07. The molecule has 20 heavy (non-hydrogen) atoms. The molecule has 0 aromatic carbocycles. The van der Waals surface area contributed by atoms with Gasteiger partial charge in [-0.15, -0.1) is 0 Å². The lowest BCUT2D eigenvalue weighted by molar-refractivity contribution is -0.137. The Kier molecular flexibility index (Phi) is 5.88. The molecule has 2 aliphatic rings. The van der Waals surface area contributed by atoms with Crippen molar-refractivity contribution in [2.24, 2.45) is 17.8 Å². The first-order valence-corrected chi connectivity index (χ1v) is 8.52. The van der Waals surface area contributed by atoms with Crippen LogP contribution in [0.15, 0.2) is 0 Å². The first-order chi connectivity index (χ1) is 9.56. The van der Waals surface area contributed by atoms with Gasteiger partial charge in [-0.1, -0.05) is 26.7 Å². The molecular formula is C17H31NO2. The topological polar surface area (TPSA) is 40.5 Å². The van der Waals surface area contributed by atoms with Crippen LogP contribution in [-0.4, -0.2) is 35.1 Å². The van der Waals surface area contributed by atoms with Gasteiger partial charge in [0.25, 0.3) is 0 Å². The molecule has 0 amide bonds. The lowest BCUT2D eigenvalue weighted by Gasteiger charge is -2.42. The average Bonchev–Trinajstić information content (AvgIpc) is 2.46. The van der Waals surface area contributed by atoms with Crippen molar-refractivity contribution in [3.63, 3.8) is 0 Å². The van der Waals surface area contributed by atoms with Gasteiger partial charge in [0.2, 0.25) is 0 Å². The maximum atomic E-state index is 10.6. The summed E-state index contributed by atoms with van der Waals surface area (Å²) in [5, 5.41) is 8.77. The normalized spacial score (nSPS) is 29.8. The Bertz CT molecular complexity index is 308. The van der Waals surface area contributed by atoms with E-state index in [-0.39, 0.29) is 0 Å². The van der Waals surface area contributed by atoms with Gasteiger partial charge in [0.1, 0.15) is 0 Å². The Labute approximate surface area is 123 Å². The molecule has 1 heterocycles. The number of piperidine rings is 1. The highest BCUT2D eigenvalue weighted by Crippen LogP contribution is 2.34. The highest BCUT2D eigenvalue weighted by atomic mass is 16.4. The summed E-state index contributed by atoms with van der Waals surface area (Å²) in [6.45, 7) is 7.12. The summed E-state index contributed by atoms with van der Waals surface area (Å²) in [4.78, 5) is 13.3. The minimum Gasteiger partial charge on any atom is -0.481 e. The van der Waals surface area contributed by atoms with Crippen LogP contribution in [0.1, 0.15) is 65.2 Å². The SMILES string of the molecule is CC(C)C1CCCC(N2CCC(CCC(=O)O)CC2)C1. The van der Waals surface area contributed by atoms with Gasteiger partial charge in [-0.3, -0.25) is 4.79 Å². The van der Waals surface area contributed by atoms with E-state index in [1.807, 2.05) is 0 Å². The second-order valence-corrected chi connectivity index (χ2v) is 7.24. The molecule has 2 rings (SSSR count). The fourth-order valence-electron chi connectivity index (χ4n) is 4.07. The first-order valence-electron chi connectivity index (χ1n) is 8.52. The number of carboxylic acid groups (broad SMARTS) is 1. The standard InChI is InChI=1S/C17H31NO2/c1-13(2)15-4-3-5-16(12-15)18-10-8-14(9-11-18)6-7-17(19)20/h13-16H,3-12H2,1-2H3,(H,19,20). The van der Waals surface area contributed by atoms with E-state index in [0.717, 1.165) is 24.3 Å². The van der Waals surface area contributed by atoms with Crippen LogP contribution in [0.4, 0.5) is 0 Å². The number of carbonyl (C=O) groups is 1. The number of hydrogen-bond acceptors (Lipinski definition) is 2. The Morgan fingerprint density at radius 3 is 2.50 bits per heavy atom. The van der Waals surface area contributed by atoms with Crippen molar-refractivity contribution in [3.8, 4) is 0 Å². The molecule has 116 valence electrons. The van der Waals surface area contributed by atoms with Gasteiger partial charge < -0.3 is 10.0 Å². The third kappa shape index (κ3) is 4.47. The molecule has 1 N–H and O–H groups in total. The molecule has 0 aromatic heterocycles. The van der Waals surface area contributed by atoms with Gasteiger partial charge in [-0.2, -0.15) is 0 Å². The highest BCUT2D eigenvalue weighted by Gasteiger charge is 2.30. The van der Waals surface area contributed by atoms with Crippen LogP contribution < -0.4 is 0 Å². The maximum Gasteiger partial charge on any atom is 0.303 e. The number of nitrogens with zero attached hydrogens (tertiary/aromatic N) is 1. The Hall–Kier alpha value is -0.570. The van der Waals surface area contributed by atoms with E-state index in [0.29, 0.717) is 12.3 Å². The Morgan fingerprint density at radius 1 is 1.20 bits per heavy atom. The minimum absolute atomic E-state index is 0.351. The van der Waals surface area contributed by atoms with Crippen LogP contribution >= 0.6 is 0 Å². The van der Waals surface area contributed by atoms with Gasteiger partial charge in [0.05, 0.1) is 0 Å². The molecule has 0 bridgehead atoms. The monoisotopic (exact) mass is 281 g/mol. The van der Waals surface area contributed by atoms with E-state index in [1.54, 1.807) is 0 Å². The summed E-state index contributed by atoms with van der Waals surface area (Å²) in [5.41, 5.74) is 0. The molecule has 3 nitrogen and oxygen atoms in total. The van der Waals surface area contributed by atoms with Crippen LogP contribution in [0.3, 0.4) is 0 Å². The molecule has 0 aromatic rings. The van der Waals surface area contributed by atoms with Crippen LogP contribution in [0, 0.1) is 17.8 Å². The van der Waals surface area contributed by atoms with E-state index < -0.39 is 5.97 Å². The van der Waals surface area contributed by atoms with Crippen molar-refractivity contribution in [3.05, 3.63) is 0 Å². The summed E-state index contributed by atoms with van der Waals surface area (Å²) < 4.78 is 0. The maximum absolute atomic E-state index is 10.6. The van der Waals surface area contributed by atoms with Crippen LogP contribution in [0.5, 0.6) is 0 Å². The lowest BCUT2D eigenvalue weighted by atomic mass is 9.78. The van der Waals surface area contributed by atoms with E-state index in [1.165, 1.54) is 51.6 Å². The van der Waals surface area contributed by atoms with E-state index in [9.17, 15) is 4.79 Å².